The maximum absolute atomic E-state index is 12.4. The number of ether oxygens (including phenoxy) is 4. The first-order valence-electron chi connectivity index (χ1n) is 22.8. The summed E-state index contributed by atoms with van der Waals surface area (Å²) in [6, 6.07) is 9.56. The zero-order valence-electron chi connectivity index (χ0n) is 47.0. The van der Waals surface area contributed by atoms with Crippen LogP contribution in [0.15, 0.2) is 86.9 Å². The number of nitrogens with zero attached hydrogens (tertiary/aromatic N) is 4. The number of halogens is 4. The molecule has 2 fully saturated rings. The van der Waals surface area contributed by atoms with Crippen molar-refractivity contribution in [3.63, 3.8) is 0 Å². The molecule has 87 heavy (non-hydrogen) atoms. The molecule has 2 aliphatic heterocycles. The van der Waals surface area contributed by atoms with Crippen LogP contribution in [0.1, 0.15) is 61.3 Å². The quantitative estimate of drug-likeness (QED) is 0.00774. The van der Waals surface area contributed by atoms with Crippen LogP contribution in [0.4, 0.5) is 18.9 Å². The number of H-pyrrole nitrogens is 2. The monoisotopic (exact) mass is 1450 g/mol. The van der Waals surface area contributed by atoms with E-state index in [1.54, 1.807) is 25.0 Å². The minimum absolute atomic E-state index is 0.00525. The maximum Gasteiger partial charge on any atom is 0.534 e. The van der Waals surface area contributed by atoms with E-state index in [-0.39, 0.29) is 50.7 Å². The fourth-order valence-corrected chi connectivity index (χ4v) is 11.2. The molecular weight excluding hydrogens is 1400 g/mol. The minimum atomic E-state index is -5.85. The summed E-state index contributed by atoms with van der Waals surface area (Å²) >= 11 is 15.2. The fourth-order valence-electron chi connectivity index (χ4n) is 5.40. The Kier molecular flexibility index (Phi) is 34.5. The number of allylic oxidation sites excluding steroid dienone is 2. The predicted molar refractivity (Wildman–Crippen MR) is 336 cm³/mol. The van der Waals surface area contributed by atoms with E-state index in [0.717, 1.165) is 40.9 Å². The van der Waals surface area contributed by atoms with Gasteiger partial charge in [-0.25, -0.2) is 14.6 Å². The van der Waals surface area contributed by atoms with Gasteiger partial charge in [0.05, 0.1) is 49.3 Å². The molecular formula is C48H55BrF3N11O15S9. The molecule has 26 nitrogen and oxygen atoms in total. The van der Waals surface area contributed by atoms with Crippen LogP contribution in [-0.4, -0.2) is 119 Å². The number of primary amides is 2. The van der Waals surface area contributed by atoms with E-state index in [9.17, 15) is 59.9 Å². The number of nitriles is 3. The lowest BCUT2D eigenvalue weighted by atomic mass is 10.2. The van der Waals surface area contributed by atoms with Crippen molar-refractivity contribution in [2.45, 2.75) is 82.4 Å². The number of aromatic nitrogens is 3. The van der Waals surface area contributed by atoms with Crippen LogP contribution in [0.25, 0.3) is 10.2 Å². The Morgan fingerprint density at radius 2 is 1.26 bits per heavy atom. The molecule has 0 saturated carbocycles. The number of nitrogens with two attached hydrogens (primary N) is 5. The third-order valence-electron chi connectivity index (χ3n) is 8.69. The van der Waals surface area contributed by atoms with E-state index >= 15 is 0 Å². The lowest BCUT2D eigenvalue weighted by Gasteiger charge is -2.30. The van der Waals surface area contributed by atoms with Gasteiger partial charge in [0.15, 0.2) is 5.57 Å². The van der Waals surface area contributed by atoms with Gasteiger partial charge in [-0.2, -0.15) is 37.4 Å². The number of carbonyl (C=O) groups excluding carboxylic acids is 6. The Balaban J connectivity index is 0.00000104. The number of cyclic esters (lactones) is 4. The van der Waals surface area contributed by atoms with E-state index < -0.39 is 68.8 Å². The van der Waals surface area contributed by atoms with Crippen molar-refractivity contribution in [1.82, 2.24) is 15.0 Å². The maximum atomic E-state index is 12.4. The molecule has 0 unspecified atom stereocenters. The highest BCUT2D eigenvalue weighted by Gasteiger charge is 2.49. The lowest BCUT2D eigenvalue weighted by molar-refractivity contribution is -0.231. The summed E-state index contributed by atoms with van der Waals surface area (Å²) in [5.41, 5.74) is 21.8. The van der Waals surface area contributed by atoms with Crippen molar-refractivity contribution < 1.29 is 73.5 Å². The third-order valence-corrected chi connectivity index (χ3v) is 17.3. The molecule has 6 rings (SSSR count). The molecule has 6 heterocycles. The molecule has 0 radical (unpaired) electrons. The van der Waals surface area contributed by atoms with Gasteiger partial charge in [0.25, 0.3) is 17.5 Å². The number of anilines is 1. The predicted octanol–water partition coefficient (Wildman–Crippen LogP) is 6.93. The highest BCUT2D eigenvalue weighted by molar-refractivity contribution is 9.09. The van der Waals surface area contributed by atoms with E-state index in [0.29, 0.717) is 62.2 Å². The summed E-state index contributed by atoms with van der Waals surface area (Å²) in [4.78, 5) is 98.6. The number of nitrogen functional groups attached to an aromatic ring is 1. The van der Waals surface area contributed by atoms with Crippen LogP contribution in [0.5, 0.6) is 5.88 Å². The first-order chi connectivity index (χ1) is 40.2. The summed E-state index contributed by atoms with van der Waals surface area (Å²) in [6.07, 6.45) is 8.74. The van der Waals surface area contributed by atoms with Gasteiger partial charge in [-0.15, -0.1) is 82.8 Å². The molecule has 0 bridgehead atoms. The average molecular weight is 1450 g/mol. The summed E-state index contributed by atoms with van der Waals surface area (Å²) in [6.45, 7) is 12.8. The smallest absolute Gasteiger partial charge is 0.423 e. The molecule has 0 spiro atoms. The number of aromatic amines is 2. The first-order valence-corrected chi connectivity index (χ1v) is 33.7. The molecule has 0 atom stereocenters. The van der Waals surface area contributed by atoms with Crippen molar-refractivity contribution in [3.8, 4) is 24.1 Å². The number of alkyl halides is 4. The number of esters is 4. The normalized spacial score (nSPS) is 13.3. The number of amides is 2. The molecule has 4 aromatic rings. The summed E-state index contributed by atoms with van der Waals surface area (Å²) in [7, 11) is -5.85. The molecule has 2 amide bonds. The average Bonchev–Trinajstić information content (AvgIpc) is 2.21. The first kappa shape index (κ1) is 80.4. The van der Waals surface area contributed by atoms with Gasteiger partial charge in [0.1, 0.15) is 28.3 Å². The Labute approximate surface area is 539 Å². The van der Waals surface area contributed by atoms with E-state index in [1.807, 2.05) is 24.5 Å². The molecule has 4 aromatic heterocycles. The molecule has 39 heteroatoms. The molecule has 12 N–H and O–H groups in total. The number of thiophene rings is 1. The second-order valence-electron chi connectivity index (χ2n) is 16.4. The van der Waals surface area contributed by atoms with Gasteiger partial charge >= 0.3 is 39.5 Å². The number of hydrogen-bond acceptors (Lipinski definition) is 30. The zero-order chi connectivity index (χ0) is 67.5. The number of thiol groups is 1. The van der Waals surface area contributed by atoms with Crippen LogP contribution in [0.3, 0.4) is 0 Å². The highest BCUT2D eigenvalue weighted by atomic mass is 79.9. The second kappa shape index (κ2) is 37.3. The molecule has 2 aliphatic rings. The number of thioether (sulfide) groups is 6. The number of pyridine rings is 3. The van der Waals surface area contributed by atoms with Gasteiger partial charge < -0.3 is 61.8 Å². The summed E-state index contributed by atoms with van der Waals surface area (Å²) in [5, 5.41) is 27.2. The number of fused-ring (bicyclic) bond motifs is 1. The van der Waals surface area contributed by atoms with Crippen LogP contribution < -0.4 is 44.0 Å². The van der Waals surface area contributed by atoms with Gasteiger partial charge in [-0.1, -0.05) is 40.8 Å². The van der Waals surface area contributed by atoms with Crippen LogP contribution >= 0.6 is 110 Å². The number of rotatable bonds is 13. The van der Waals surface area contributed by atoms with E-state index in [2.05, 4.69) is 70.3 Å². The SMILES string of the molecule is C=C(N)CBr.C=C(N)CC#N.CC1(C)OC(=O)CC(=O)O1.CSC(SC)=C1C(=O)OC(C)(C)OC1=O.CSc1cc(=O)[nH]c(S)c1C#N.CSc1cc(=O)[nH]c(SCC(N)=O)c1C#N.CSc1cc(OS(=O)(=O)C(F)(F)F)nc2sc(C(N)=O)c(N)c12. The Morgan fingerprint density at radius 3 is 1.63 bits per heavy atom. The number of carbonyl (C=O) groups is 6. The number of hydrogen-bond donors (Lipinski definition) is 8. The van der Waals surface area contributed by atoms with Gasteiger partial charge in [0.2, 0.25) is 22.9 Å². The Morgan fingerprint density at radius 1 is 0.805 bits per heavy atom. The topological polar surface area (TPSA) is 463 Å². The van der Waals surface area contributed by atoms with Crippen molar-refractivity contribution in [2.75, 3.05) is 48.1 Å². The summed E-state index contributed by atoms with van der Waals surface area (Å²) < 4.78 is 83.1. The lowest BCUT2D eigenvalue weighted by Crippen LogP contribution is -2.42. The van der Waals surface area contributed by atoms with Crippen molar-refractivity contribution >= 4 is 172 Å². The van der Waals surface area contributed by atoms with Crippen molar-refractivity contribution in [2.24, 2.45) is 22.9 Å². The zero-order valence-corrected chi connectivity index (χ0v) is 56.0. The second-order valence-corrected chi connectivity index (χ2v) is 25.4. The van der Waals surface area contributed by atoms with Crippen LogP contribution in [-0.2, 0) is 53.0 Å². The van der Waals surface area contributed by atoms with Gasteiger partial charge in [-0.3, -0.25) is 28.8 Å². The summed E-state index contributed by atoms with van der Waals surface area (Å²) in [5.74, 6) is -6.61. The standard InChI is InChI=1S/C10H8F3N3O4S3.C9H9N3O2S2.C9H12O4S2.C7H6N2OS2.C6H8O4.C4H6N2.C3H6BrN/c1-21-3-2-4(20-23(18,19)10(11,12)13)16-9-5(3)6(14)7(22-9)8(15)17;1-15-6-2-8(14)12-9(5(6)3-10)16-4-7(11)13;1-9(2)12-6(10)5(7(11)13-9)8(14-3)15-4;1-12-5-2-6(10)9-7(11)4(5)3-8;1-6(2)9-4(7)3-5(8)10-6;1-4(6)2-3-5;1-3(5)2-4/h2H,14H2,1H3,(H2,15,17);2H,4H2,1H3,(H2,11,13)(H,12,14);1-4H3;2H,1H3,(H2,9,10,11);3H2,1-2H3;1-2,6H2;1-2,5H2. The largest absolute Gasteiger partial charge is 0.534 e. The van der Waals surface area contributed by atoms with Crippen molar-refractivity contribution in [3.05, 3.63) is 89.3 Å². The molecule has 0 aromatic carbocycles. The molecule has 2 saturated heterocycles. The Hall–Kier alpha value is -6.61. The fraction of sp³-hybridized carbons (Fsp3) is 0.333. The molecule has 0 aliphatic carbocycles. The van der Waals surface area contributed by atoms with E-state index in [4.69, 9.17) is 53.9 Å². The van der Waals surface area contributed by atoms with Crippen LogP contribution in [0, 0.1) is 34.0 Å². The molecule has 474 valence electrons. The third kappa shape index (κ3) is 27.5. The minimum Gasteiger partial charge on any atom is -0.423 e. The van der Waals surface area contributed by atoms with Crippen molar-refractivity contribution in [1.29, 1.82) is 15.8 Å². The van der Waals surface area contributed by atoms with Gasteiger partial charge in [0, 0.05) is 82.7 Å². The highest BCUT2D eigenvalue weighted by Crippen LogP contribution is 2.41. The van der Waals surface area contributed by atoms with Gasteiger partial charge in [-0.05, 0) is 31.3 Å². The van der Waals surface area contributed by atoms with Crippen LogP contribution in [0.2, 0.25) is 0 Å². The Bertz CT molecular complexity index is 3590. The van der Waals surface area contributed by atoms with E-state index in [1.165, 1.54) is 86.9 Å². The number of nitrogens with one attached hydrogen (secondary N) is 2.